The molecule has 1 rings (SSSR count). The Balaban J connectivity index is 2.75. The molecule has 4 heteroatoms. The van der Waals surface area contributed by atoms with Crippen LogP contribution in [0, 0.1) is 5.41 Å². The first-order chi connectivity index (χ1) is 8.85. The first kappa shape index (κ1) is 15.3. The molecule has 106 valence electrons. The molecule has 0 radical (unpaired) electrons. The molecule has 4 nitrogen and oxygen atoms in total. The second kappa shape index (κ2) is 6.45. The van der Waals surface area contributed by atoms with Crippen LogP contribution in [0.3, 0.4) is 0 Å². The van der Waals surface area contributed by atoms with Gasteiger partial charge in [-0.05, 0) is 30.9 Å². The quantitative estimate of drug-likeness (QED) is 0.632. The minimum absolute atomic E-state index is 0.264. The molecular weight excluding hydrogens is 240 g/mol. The predicted octanol–water partition coefficient (Wildman–Crippen LogP) is 3.29. The summed E-state index contributed by atoms with van der Waals surface area (Å²) >= 11 is 0. The number of rotatable bonds is 5. The number of benzene rings is 1. The third kappa shape index (κ3) is 4.81. The molecule has 0 aromatic heterocycles. The van der Waals surface area contributed by atoms with E-state index in [9.17, 15) is 4.79 Å². The van der Waals surface area contributed by atoms with Crippen LogP contribution in [0.25, 0.3) is 0 Å². The number of carbonyl (C=O) groups is 1. The van der Waals surface area contributed by atoms with Crippen LogP contribution in [-0.4, -0.2) is 19.1 Å². The highest BCUT2D eigenvalue weighted by Gasteiger charge is 2.14. The minimum atomic E-state index is -0.375. The van der Waals surface area contributed by atoms with E-state index in [1.165, 1.54) is 0 Å². The molecule has 0 saturated heterocycles. The number of carbonyl (C=O) groups excluding carboxylic acids is 1. The lowest BCUT2D eigenvalue weighted by Crippen LogP contribution is -2.15. The van der Waals surface area contributed by atoms with Crippen LogP contribution in [0.1, 0.15) is 44.5 Å². The van der Waals surface area contributed by atoms with E-state index in [-0.39, 0.29) is 11.4 Å². The van der Waals surface area contributed by atoms with Crippen molar-refractivity contribution in [2.24, 2.45) is 5.41 Å². The average Bonchev–Trinajstić information content (AvgIpc) is 2.30. The van der Waals surface area contributed by atoms with Crippen molar-refractivity contribution in [3.8, 4) is 0 Å². The number of anilines is 2. The third-order valence-electron chi connectivity index (χ3n) is 2.79. The highest BCUT2D eigenvalue weighted by atomic mass is 16.5. The Morgan fingerprint density at radius 2 is 2.05 bits per heavy atom. The summed E-state index contributed by atoms with van der Waals surface area (Å²) in [7, 11) is 0. The average molecular weight is 264 g/mol. The van der Waals surface area contributed by atoms with Gasteiger partial charge in [-0.15, -0.1) is 0 Å². The maximum Gasteiger partial charge on any atom is 0.340 e. The molecule has 0 amide bonds. The van der Waals surface area contributed by atoms with Crippen LogP contribution in [0.2, 0.25) is 0 Å². The number of esters is 1. The number of para-hydroxylation sites is 1. The van der Waals surface area contributed by atoms with Crippen molar-refractivity contribution in [3.05, 3.63) is 23.8 Å². The normalized spacial score (nSPS) is 11.2. The van der Waals surface area contributed by atoms with Crippen molar-refractivity contribution in [1.29, 1.82) is 0 Å². The van der Waals surface area contributed by atoms with Crippen LogP contribution < -0.4 is 11.1 Å². The predicted molar refractivity (Wildman–Crippen MR) is 79.4 cm³/mol. The molecule has 0 aliphatic carbocycles. The van der Waals surface area contributed by atoms with E-state index in [2.05, 4.69) is 26.1 Å². The zero-order valence-electron chi connectivity index (χ0n) is 12.2. The standard InChI is InChI=1S/C15H24N2O2/c1-5-19-14(18)11-7-6-8-12(13(11)16)17-10-9-15(2,3)4/h6-8,17H,5,9-10,16H2,1-4H3. The van der Waals surface area contributed by atoms with Gasteiger partial charge in [0.2, 0.25) is 0 Å². The number of ether oxygens (including phenoxy) is 1. The van der Waals surface area contributed by atoms with Crippen molar-refractivity contribution in [2.45, 2.75) is 34.1 Å². The van der Waals surface area contributed by atoms with Gasteiger partial charge in [-0.2, -0.15) is 0 Å². The molecule has 0 aliphatic rings. The van der Waals surface area contributed by atoms with Gasteiger partial charge in [0.05, 0.1) is 23.5 Å². The summed E-state index contributed by atoms with van der Waals surface area (Å²) in [5, 5.41) is 3.27. The minimum Gasteiger partial charge on any atom is -0.462 e. The van der Waals surface area contributed by atoms with E-state index < -0.39 is 0 Å². The lowest BCUT2D eigenvalue weighted by atomic mass is 9.92. The Kier molecular flexibility index (Phi) is 5.21. The van der Waals surface area contributed by atoms with Crippen molar-refractivity contribution in [1.82, 2.24) is 0 Å². The van der Waals surface area contributed by atoms with Gasteiger partial charge in [0.15, 0.2) is 0 Å². The molecule has 0 bridgehead atoms. The Labute approximate surface area is 115 Å². The van der Waals surface area contributed by atoms with Crippen LogP contribution in [0.5, 0.6) is 0 Å². The Morgan fingerprint density at radius 3 is 2.63 bits per heavy atom. The van der Waals surface area contributed by atoms with E-state index in [0.717, 1.165) is 18.7 Å². The lowest BCUT2D eigenvalue weighted by Gasteiger charge is -2.19. The SMILES string of the molecule is CCOC(=O)c1cccc(NCCC(C)(C)C)c1N. The van der Waals surface area contributed by atoms with Gasteiger partial charge in [0, 0.05) is 6.54 Å². The number of hydrogen-bond donors (Lipinski definition) is 2. The zero-order chi connectivity index (χ0) is 14.5. The van der Waals surface area contributed by atoms with Crippen molar-refractivity contribution < 1.29 is 9.53 Å². The molecule has 19 heavy (non-hydrogen) atoms. The van der Waals surface area contributed by atoms with Crippen molar-refractivity contribution in [3.63, 3.8) is 0 Å². The van der Waals surface area contributed by atoms with Crippen LogP contribution in [0.4, 0.5) is 11.4 Å². The van der Waals surface area contributed by atoms with E-state index in [4.69, 9.17) is 10.5 Å². The summed E-state index contributed by atoms with van der Waals surface area (Å²) in [5.74, 6) is -0.375. The van der Waals surface area contributed by atoms with Crippen LogP contribution in [-0.2, 0) is 4.74 Å². The van der Waals surface area contributed by atoms with E-state index in [1.807, 2.05) is 12.1 Å². The molecule has 0 aliphatic heterocycles. The number of nitrogens with one attached hydrogen (secondary N) is 1. The molecular formula is C15H24N2O2. The molecule has 1 aromatic rings. The fourth-order valence-corrected chi connectivity index (χ4v) is 1.68. The van der Waals surface area contributed by atoms with Crippen LogP contribution in [0.15, 0.2) is 18.2 Å². The summed E-state index contributed by atoms with van der Waals surface area (Å²) < 4.78 is 4.98. The van der Waals surface area contributed by atoms with Crippen molar-refractivity contribution >= 4 is 17.3 Å². The van der Waals surface area contributed by atoms with E-state index in [0.29, 0.717) is 17.9 Å². The number of nitrogens with two attached hydrogens (primary N) is 1. The fourth-order valence-electron chi connectivity index (χ4n) is 1.68. The van der Waals surface area contributed by atoms with Gasteiger partial charge < -0.3 is 15.8 Å². The van der Waals surface area contributed by atoms with Gasteiger partial charge in [0.1, 0.15) is 0 Å². The number of hydrogen-bond acceptors (Lipinski definition) is 4. The molecule has 0 heterocycles. The summed E-state index contributed by atoms with van der Waals surface area (Å²) in [6.45, 7) is 9.51. The monoisotopic (exact) mass is 264 g/mol. The van der Waals surface area contributed by atoms with Gasteiger partial charge in [-0.25, -0.2) is 4.79 Å². The Bertz CT molecular complexity index is 436. The molecule has 0 spiro atoms. The largest absolute Gasteiger partial charge is 0.462 e. The van der Waals surface area contributed by atoms with Gasteiger partial charge in [0.25, 0.3) is 0 Å². The molecule has 0 unspecified atom stereocenters. The lowest BCUT2D eigenvalue weighted by molar-refractivity contribution is 0.0527. The second-order valence-electron chi connectivity index (χ2n) is 5.72. The third-order valence-corrected chi connectivity index (χ3v) is 2.79. The maximum atomic E-state index is 11.7. The first-order valence-corrected chi connectivity index (χ1v) is 6.64. The van der Waals surface area contributed by atoms with Gasteiger partial charge in [-0.1, -0.05) is 26.8 Å². The Hall–Kier alpha value is -1.71. The first-order valence-electron chi connectivity index (χ1n) is 6.64. The molecule has 0 saturated carbocycles. The van der Waals surface area contributed by atoms with Crippen LogP contribution >= 0.6 is 0 Å². The number of nitrogen functional groups attached to an aromatic ring is 1. The summed E-state index contributed by atoms with van der Waals surface area (Å²) in [6, 6.07) is 5.37. The summed E-state index contributed by atoms with van der Waals surface area (Å²) in [4.78, 5) is 11.7. The molecule has 1 aromatic carbocycles. The Morgan fingerprint density at radius 1 is 1.37 bits per heavy atom. The fraction of sp³-hybridized carbons (Fsp3) is 0.533. The van der Waals surface area contributed by atoms with E-state index in [1.54, 1.807) is 13.0 Å². The highest BCUT2D eigenvalue weighted by Crippen LogP contribution is 2.25. The van der Waals surface area contributed by atoms with Gasteiger partial charge in [-0.3, -0.25) is 0 Å². The van der Waals surface area contributed by atoms with Crippen molar-refractivity contribution in [2.75, 3.05) is 24.2 Å². The molecule has 0 fully saturated rings. The second-order valence-corrected chi connectivity index (χ2v) is 5.72. The molecule has 3 N–H and O–H groups in total. The topological polar surface area (TPSA) is 64.3 Å². The summed E-state index contributed by atoms with van der Waals surface area (Å²) in [6.07, 6.45) is 1.02. The molecule has 0 atom stereocenters. The highest BCUT2D eigenvalue weighted by molar-refractivity contribution is 5.98. The van der Waals surface area contributed by atoms with Gasteiger partial charge >= 0.3 is 5.97 Å². The smallest absolute Gasteiger partial charge is 0.340 e. The van der Waals surface area contributed by atoms with E-state index >= 15 is 0 Å². The maximum absolute atomic E-state index is 11.7. The summed E-state index contributed by atoms with van der Waals surface area (Å²) in [5.41, 5.74) is 7.92. The zero-order valence-corrected chi connectivity index (χ0v) is 12.2.